The Morgan fingerprint density at radius 3 is 2.79 bits per heavy atom. The van der Waals surface area contributed by atoms with Crippen LogP contribution in [0.3, 0.4) is 0 Å². The summed E-state index contributed by atoms with van der Waals surface area (Å²) in [7, 11) is 5.82. The first-order valence-corrected chi connectivity index (χ1v) is 12.5. The minimum atomic E-state index is -0.137. The van der Waals surface area contributed by atoms with Crippen LogP contribution in [0, 0.1) is 11.3 Å². The van der Waals surface area contributed by atoms with Gasteiger partial charge in [-0.25, -0.2) is 9.97 Å². The molecular formula is C29H28ClN7O2. The van der Waals surface area contributed by atoms with Crippen molar-refractivity contribution in [3.63, 3.8) is 0 Å². The average Bonchev–Trinajstić information content (AvgIpc) is 3.24. The van der Waals surface area contributed by atoms with E-state index in [-0.39, 0.29) is 5.91 Å². The number of halogens is 1. The Bertz CT molecular complexity index is 1580. The molecule has 0 fully saturated rings. The van der Waals surface area contributed by atoms with Gasteiger partial charge in [0, 0.05) is 37.6 Å². The van der Waals surface area contributed by atoms with Gasteiger partial charge in [0.05, 0.1) is 22.2 Å². The predicted molar refractivity (Wildman–Crippen MR) is 154 cm³/mol. The van der Waals surface area contributed by atoms with Crippen LogP contribution in [0.25, 0.3) is 17.1 Å². The fraction of sp³-hybridized carbons (Fsp3) is 0.172. The van der Waals surface area contributed by atoms with E-state index in [0.717, 1.165) is 22.4 Å². The van der Waals surface area contributed by atoms with Crippen LogP contribution < -0.4 is 15.4 Å². The number of amides is 1. The molecule has 4 rings (SSSR count). The van der Waals surface area contributed by atoms with Crippen LogP contribution in [0.2, 0.25) is 5.02 Å². The number of aromatic nitrogens is 3. The normalized spacial score (nSPS) is 11.4. The van der Waals surface area contributed by atoms with Gasteiger partial charge in [0.15, 0.2) is 5.82 Å². The fourth-order valence-corrected chi connectivity index (χ4v) is 3.99. The summed E-state index contributed by atoms with van der Waals surface area (Å²) >= 11 is 6.49. The SMILES string of the molecule is CN(C)CC=CC(=O)NCC=Cc1cc2ncnc(Nc3ccc(Oc4cccc(C#N)c4)c(Cl)c3)c2n1C. The third kappa shape index (κ3) is 7.23. The lowest BCUT2D eigenvalue weighted by Gasteiger charge is -2.12. The zero-order valence-corrected chi connectivity index (χ0v) is 22.6. The van der Waals surface area contributed by atoms with Crippen LogP contribution in [0.5, 0.6) is 11.5 Å². The second-order valence-electron chi connectivity index (χ2n) is 8.91. The number of rotatable bonds is 10. The Morgan fingerprint density at radius 2 is 2.03 bits per heavy atom. The number of nitriles is 1. The van der Waals surface area contributed by atoms with Crippen molar-refractivity contribution in [3.05, 3.63) is 89.4 Å². The van der Waals surface area contributed by atoms with Gasteiger partial charge in [0.1, 0.15) is 23.3 Å². The summed E-state index contributed by atoms with van der Waals surface area (Å²) in [6.07, 6.45) is 8.67. The highest BCUT2D eigenvalue weighted by molar-refractivity contribution is 6.32. The fourth-order valence-electron chi connectivity index (χ4n) is 3.77. The van der Waals surface area contributed by atoms with E-state index in [0.29, 0.717) is 41.0 Å². The number of hydrogen-bond donors (Lipinski definition) is 2. The lowest BCUT2D eigenvalue weighted by Crippen LogP contribution is -2.21. The average molecular weight is 542 g/mol. The number of carbonyl (C=O) groups is 1. The lowest BCUT2D eigenvalue weighted by atomic mass is 10.2. The molecule has 0 aliphatic carbocycles. The van der Waals surface area contributed by atoms with Crippen molar-refractivity contribution in [3.8, 4) is 17.6 Å². The second kappa shape index (κ2) is 12.7. The quantitative estimate of drug-likeness (QED) is 0.263. The lowest BCUT2D eigenvalue weighted by molar-refractivity contribution is -0.116. The minimum Gasteiger partial charge on any atom is -0.456 e. The van der Waals surface area contributed by atoms with Gasteiger partial charge < -0.3 is 24.8 Å². The summed E-state index contributed by atoms with van der Waals surface area (Å²) in [6.45, 7) is 1.11. The van der Waals surface area contributed by atoms with E-state index in [4.69, 9.17) is 21.6 Å². The highest BCUT2D eigenvalue weighted by Crippen LogP contribution is 2.34. The van der Waals surface area contributed by atoms with Crippen LogP contribution in [-0.4, -0.2) is 52.5 Å². The van der Waals surface area contributed by atoms with E-state index in [1.54, 1.807) is 36.4 Å². The van der Waals surface area contributed by atoms with Crippen molar-refractivity contribution in [1.82, 2.24) is 24.8 Å². The Balaban J connectivity index is 1.45. The smallest absolute Gasteiger partial charge is 0.243 e. The third-order valence-corrected chi connectivity index (χ3v) is 5.96. The van der Waals surface area contributed by atoms with Gasteiger partial charge in [0.25, 0.3) is 0 Å². The number of nitrogens with zero attached hydrogens (tertiary/aromatic N) is 5. The maximum atomic E-state index is 11.9. The van der Waals surface area contributed by atoms with Gasteiger partial charge in [0.2, 0.25) is 5.91 Å². The first-order chi connectivity index (χ1) is 18.8. The van der Waals surface area contributed by atoms with Gasteiger partial charge in [-0.3, -0.25) is 4.79 Å². The molecule has 4 aromatic rings. The molecule has 198 valence electrons. The molecule has 2 heterocycles. The second-order valence-corrected chi connectivity index (χ2v) is 9.32. The number of hydrogen-bond acceptors (Lipinski definition) is 7. The van der Waals surface area contributed by atoms with Crippen LogP contribution >= 0.6 is 11.6 Å². The minimum absolute atomic E-state index is 0.137. The monoisotopic (exact) mass is 541 g/mol. The zero-order valence-electron chi connectivity index (χ0n) is 21.9. The number of anilines is 2. The highest BCUT2D eigenvalue weighted by atomic mass is 35.5. The molecular weight excluding hydrogens is 514 g/mol. The first kappa shape index (κ1) is 27.4. The van der Waals surface area contributed by atoms with E-state index in [1.807, 2.05) is 61.0 Å². The topological polar surface area (TPSA) is 108 Å². The number of benzene rings is 2. The van der Waals surface area contributed by atoms with Gasteiger partial charge in [-0.05, 0) is 62.6 Å². The number of carbonyl (C=O) groups excluding carboxylic acids is 1. The van der Waals surface area contributed by atoms with E-state index >= 15 is 0 Å². The van der Waals surface area contributed by atoms with E-state index in [1.165, 1.54) is 12.4 Å². The molecule has 0 radical (unpaired) electrons. The highest BCUT2D eigenvalue weighted by Gasteiger charge is 2.12. The molecule has 10 heteroatoms. The molecule has 1 amide bonds. The van der Waals surface area contributed by atoms with Crippen molar-refractivity contribution in [2.75, 3.05) is 32.5 Å². The van der Waals surface area contributed by atoms with Crippen LogP contribution in [0.1, 0.15) is 11.3 Å². The van der Waals surface area contributed by atoms with Crippen molar-refractivity contribution < 1.29 is 9.53 Å². The van der Waals surface area contributed by atoms with E-state index < -0.39 is 0 Å². The zero-order chi connectivity index (χ0) is 27.8. The van der Waals surface area contributed by atoms with Crippen LogP contribution in [-0.2, 0) is 11.8 Å². The number of likely N-dealkylation sites (N-methyl/N-ethyl adjacent to an activating group) is 1. The van der Waals surface area contributed by atoms with Gasteiger partial charge in [-0.1, -0.05) is 29.8 Å². The molecule has 0 unspecified atom stereocenters. The van der Waals surface area contributed by atoms with Crippen molar-refractivity contribution >= 4 is 46.1 Å². The van der Waals surface area contributed by atoms with Crippen molar-refractivity contribution in [2.24, 2.45) is 7.05 Å². The predicted octanol–water partition coefficient (Wildman–Crippen LogP) is 5.28. The maximum Gasteiger partial charge on any atom is 0.243 e. The molecule has 2 aromatic heterocycles. The Kier molecular flexibility index (Phi) is 8.94. The number of aryl methyl sites for hydroxylation is 1. The number of ether oxygens (including phenoxy) is 1. The Hall–Kier alpha value is -4.65. The number of fused-ring (bicyclic) bond motifs is 1. The molecule has 9 nitrogen and oxygen atoms in total. The molecule has 0 bridgehead atoms. The summed E-state index contributed by atoms with van der Waals surface area (Å²) in [6, 6.07) is 16.3. The molecule has 0 atom stereocenters. The standard InChI is InChI=1S/C29H28ClN7O2/c1-36(2)14-6-10-27(38)32-13-5-8-22-17-25-28(37(22)3)29(34-19-33-25)35-21-11-12-26(24(30)16-21)39-23-9-4-7-20(15-23)18-31/h4-12,15-17,19H,13-14H2,1-3H3,(H,32,38)(H,33,34,35). The molecule has 39 heavy (non-hydrogen) atoms. The third-order valence-electron chi connectivity index (χ3n) is 5.67. The summed E-state index contributed by atoms with van der Waals surface area (Å²) in [5, 5.41) is 15.7. The molecule has 2 aromatic carbocycles. The van der Waals surface area contributed by atoms with E-state index in [9.17, 15) is 4.79 Å². The maximum absolute atomic E-state index is 11.9. The Morgan fingerprint density at radius 1 is 1.18 bits per heavy atom. The summed E-state index contributed by atoms with van der Waals surface area (Å²) in [4.78, 5) is 22.7. The summed E-state index contributed by atoms with van der Waals surface area (Å²) in [5.41, 5.74) is 3.73. The molecule has 0 saturated carbocycles. The largest absolute Gasteiger partial charge is 0.456 e. The van der Waals surface area contributed by atoms with E-state index in [2.05, 4.69) is 26.7 Å². The molecule has 0 spiro atoms. The van der Waals surface area contributed by atoms with Gasteiger partial charge >= 0.3 is 0 Å². The van der Waals surface area contributed by atoms with Crippen LogP contribution in [0.15, 0.2) is 73.1 Å². The molecule has 2 N–H and O–H groups in total. The Labute approximate surface area is 232 Å². The van der Waals surface area contributed by atoms with Crippen molar-refractivity contribution in [1.29, 1.82) is 5.26 Å². The number of nitrogens with one attached hydrogen (secondary N) is 2. The van der Waals surface area contributed by atoms with Gasteiger partial charge in [-0.2, -0.15) is 5.26 Å². The molecule has 0 saturated heterocycles. The van der Waals surface area contributed by atoms with Gasteiger partial charge in [-0.15, -0.1) is 0 Å². The van der Waals surface area contributed by atoms with Crippen molar-refractivity contribution in [2.45, 2.75) is 0 Å². The van der Waals surface area contributed by atoms with Crippen LogP contribution in [0.4, 0.5) is 11.5 Å². The summed E-state index contributed by atoms with van der Waals surface area (Å²) in [5.74, 6) is 1.48. The summed E-state index contributed by atoms with van der Waals surface area (Å²) < 4.78 is 7.84. The molecule has 0 aliphatic rings. The molecule has 0 aliphatic heterocycles. The first-order valence-electron chi connectivity index (χ1n) is 12.1.